The molecular formula is C4H5N5. The number of terminal acetylenes is 1. The van der Waals surface area contributed by atoms with Gasteiger partial charge in [-0.2, -0.15) is 4.80 Å². The van der Waals surface area contributed by atoms with Crippen molar-refractivity contribution in [3.05, 3.63) is 0 Å². The fraction of sp³-hybridized carbons (Fsp3) is 0.250. The van der Waals surface area contributed by atoms with Crippen molar-refractivity contribution in [2.45, 2.75) is 6.54 Å². The topological polar surface area (TPSA) is 69.6 Å². The Balaban J connectivity index is 2.76. The second-order valence-corrected chi connectivity index (χ2v) is 1.38. The number of nitrogens with two attached hydrogens (primary N) is 1. The highest BCUT2D eigenvalue weighted by atomic mass is 15.6. The van der Waals surface area contributed by atoms with Gasteiger partial charge in [0.2, 0.25) is 0 Å². The van der Waals surface area contributed by atoms with E-state index < -0.39 is 0 Å². The third kappa shape index (κ3) is 1.16. The fourth-order valence-corrected chi connectivity index (χ4v) is 0.404. The zero-order valence-corrected chi connectivity index (χ0v) is 4.65. The molecule has 0 aliphatic rings. The van der Waals surface area contributed by atoms with Crippen LogP contribution in [0.1, 0.15) is 0 Å². The van der Waals surface area contributed by atoms with Crippen LogP contribution >= 0.6 is 0 Å². The molecular weight excluding hydrogens is 118 g/mol. The molecule has 0 amide bonds. The summed E-state index contributed by atoms with van der Waals surface area (Å²) in [7, 11) is 0. The minimum absolute atomic E-state index is 0.144. The lowest BCUT2D eigenvalue weighted by Crippen LogP contribution is -2.00. The van der Waals surface area contributed by atoms with E-state index in [2.05, 4.69) is 21.3 Å². The quantitative estimate of drug-likeness (QED) is 0.480. The monoisotopic (exact) mass is 123 g/mol. The van der Waals surface area contributed by atoms with Crippen molar-refractivity contribution >= 4 is 5.95 Å². The SMILES string of the molecule is C#CCn1nnc(N)n1. The van der Waals surface area contributed by atoms with E-state index in [1.54, 1.807) is 0 Å². The zero-order chi connectivity index (χ0) is 6.69. The predicted molar refractivity (Wildman–Crippen MR) is 31.1 cm³/mol. The second-order valence-electron chi connectivity index (χ2n) is 1.38. The maximum Gasteiger partial charge on any atom is 0.260 e. The molecule has 0 saturated carbocycles. The number of rotatable bonds is 1. The van der Waals surface area contributed by atoms with E-state index in [-0.39, 0.29) is 5.95 Å². The van der Waals surface area contributed by atoms with E-state index >= 15 is 0 Å². The molecule has 0 saturated heterocycles. The summed E-state index contributed by atoms with van der Waals surface area (Å²) >= 11 is 0. The minimum Gasteiger partial charge on any atom is -0.365 e. The van der Waals surface area contributed by atoms with Crippen LogP contribution in [0.2, 0.25) is 0 Å². The molecule has 0 aliphatic heterocycles. The van der Waals surface area contributed by atoms with Crippen molar-refractivity contribution in [2.75, 3.05) is 5.73 Å². The molecule has 1 aromatic heterocycles. The molecule has 0 spiro atoms. The highest BCUT2D eigenvalue weighted by molar-refractivity contribution is 5.06. The Labute approximate surface area is 51.8 Å². The van der Waals surface area contributed by atoms with Crippen molar-refractivity contribution in [3.63, 3.8) is 0 Å². The average molecular weight is 123 g/mol. The van der Waals surface area contributed by atoms with Gasteiger partial charge in [0, 0.05) is 0 Å². The first-order chi connectivity index (χ1) is 4.33. The first-order valence-electron chi connectivity index (χ1n) is 2.29. The molecule has 1 aromatic rings. The number of nitrogens with zero attached hydrogens (tertiary/aromatic N) is 4. The van der Waals surface area contributed by atoms with Crippen molar-refractivity contribution in [1.29, 1.82) is 0 Å². The molecule has 0 aromatic carbocycles. The highest BCUT2D eigenvalue weighted by Crippen LogP contribution is 1.81. The summed E-state index contributed by atoms with van der Waals surface area (Å²) in [6.07, 6.45) is 4.95. The Kier molecular flexibility index (Phi) is 1.32. The maximum atomic E-state index is 5.13. The van der Waals surface area contributed by atoms with Gasteiger partial charge in [-0.25, -0.2) is 0 Å². The third-order valence-electron chi connectivity index (χ3n) is 0.701. The smallest absolute Gasteiger partial charge is 0.260 e. The molecule has 0 bridgehead atoms. The summed E-state index contributed by atoms with van der Waals surface area (Å²) in [5.74, 6) is 2.48. The first-order valence-corrected chi connectivity index (χ1v) is 2.29. The molecule has 2 N–H and O–H groups in total. The van der Waals surface area contributed by atoms with E-state index in [1.807, 2.05) is 0 Å². The van der Waals surface area contributed by atoms with Gasteiger partial charge in [0.25, 0.3) is 5.95 Å². The van der Waals surface area contributed by atoms with Gasteiger partial charge in [-0.1, -0.05) is 11.0 Å². The molecule has 9 heavy (non-hydrogen) atoms. The van der Waals surface area contributed by atoms with E-state index in [9.17, 15) is 0 Å². The summed E-state index contributed by atoms with van der Waals surface area (Å²) < 4.78 is 0. The van der Waals surface area contributed by atoms with E-state index in [4.69, 9.17) is 12.2 Å². The average Bonchev–Trinajstić information content (AvgIpc) is 2.17. The van der Waals surface area contributed by atoms with Gasteiger partial charge < -0.3 is 5.73 Å². The second kappa shape index (κ2) is 2.13. The van der Waals surface area contributed by atoms with E-state index in [0.29, 0.717) is 6.54 Å². The molecule has 0 unspecified atom stereocenters. The van der Waals surface area contributed by atoms with Crippen LogP contribution in [-0.2, 0) is 6.54 Å². The van der Waals surface area contributed by atoms with Crippen LogP contribution in [0.5, 0.6) is 0 Å². The van der Waals surface area contributed by atoms with Crippen molar-refractivity contribution in [3.8, 4) is 12.3 Å². The van der Waals surface area contributed by atoms with Gasteiger partial charge in [-0.15, -0.1) is 11.5 Å². The predicted octanol–water partition coefficient (Wildman–Crippen LogP) is -1.11. The molecule has 46 valence electrons. The van der Waals surface area contributed by atoms with Gasteiger partial charge >= 0.3 is 0 Å². The van der Waals surface area contributed by atoms with E-state index in [1.165, 1.54) is 4.80 Å². The summed E-state index contributed by atoms with van der Waals surface area (Å²) in [6.45, 7) is 0.310. The Bertz CT molecular complexity index is 231. The number of tetrazole rings is 1. The van der Waals surface area contributed by atoms with Gasteiger partial charge in [0.15, 0.2) is 0 Å². The normalized spacial score (nSPS) is 8.78. The van der Waals surface area contributed by atoms with Gasteiger partial charge in [-0.05, 0) is 5.21 Å². The van der Waals surface area contributed by atoms with Crippen molar-refractivity contribution < 1.29 is 0 Å². The molecule has 1 heterocycles. The van der Waals surface area contributed by atoms with Gasteiger partial charge in [-0.3, -0.25) is 0 Å². The molecule has 1 rings (SSSR count). The number of hydrogen-bond acceptors (Lipinski definition) is 4. The fourth-order valence-electron chi connectivity index (χ4n) is 0.404. The van der Waals surface area contributed by atoms with Crippen LogP contribution < -0.4 is 5.73 Å². The molecule has 0 fully saturated rings. The zero-order valence-electron chi connectivity index (χ0n) is 4.65. The van der Waals surface area contributed by atoms with E-state index in [0.717, 1.165) is 0 Å². The molecule has 0 aliphatic carbocycles. The van der Waals surface area contributed by atoms with Gasteiger partial charge in [0.05, 0.1) is 0 Å². The third-order valence-corrected chi connectivity index (χ3v) is 0.701. The number of aromatic nitrogens is 4. The number of nitrogen functional groups attached to an aromatic ring is 1. The summed E-state index contributed by atoms with van der Waals surface area (Å²) in [5.41, 5.74) is 5.13. The number of anilines is 1. The Hall–Kier alpha value is -1.57. The summed E-state index contributed by atoms with van der Waals surface area (Å²) in [4.78, 5) is 1.25. The Morgan fingerprint density at radius 2 is 2.56 bits per heavy atom. The van der Waals surface area contributed by atoms with Crippen LogP contribution in [0.15, 0.2) is 0 Å². The summed E-state index contributed by atoms with van der Waals surface area (Å²) in [5, 5.41) is 10.5. The first kappa shape index (κ1) is 5.56. The Morgan fingerprint density at radius 3 is 3.00 bits per heavy atom. The highest BCUT2D eigenvalue weighted by Gasteiger charge is 1.92. The minimum atomic E-state index is 0.144. The molecule has 0 atom stereocenters. The van der Waals surface area contributed by atoms with Crippen molar-refractivity contribution in [1.82, 2.24) is 20.2 Å². The number of hydrogen-bond donors (Lipinski definition) is 1. The maximum absolute atomic E-state index is 5.13. The van der Waals surface area contributed by atoms with Crippen LogP contribution in [-0.4, -0.2) is 20.2 Å². The lowest BCUT2D eigenvalue weighted by molar-refractivity contribution is 0.592. The molecule has 5 heteroatoms. The molecule has 0 radical (unpaired) electrons. The molecule has 5 nitrogen and oxygen atoms in total. The lowest BCUT2D eigenvalue weighted by Gasteiger charge is -1.83. The standard InChI is InChI=1S/C4H5N5/c1-2-3-9-7-4(5)6-8-9/h1H,3H2,(H2,5,7). The largest absolute Gasteiger partial charge is 0.365 e. The lowest BCUT2D eigenvalue weighted by atomic mass is 10.7. The van der Waals surface area contributed by atoms with Crippen LogP contribution in [0.25, 0.3) is 0 Å². The van der Waals surface area contributed by atoms with Crippen LogP contribution in [0, 0.1) is 12.3 Å². The van der Waals surface area contributed by atoms with Crippen LogP contribution in [0.3, 0.4) is 0 Å². The summed E-state index contributed by atoms with van der Waals surface area (Å²) in [6, 6.07) is 0. The van der Waals surface area contributed by atoms with Crippen LogP contribution in [0.4, 0.5) is 5.95 Å². The van der Waals surface area contributed by atoms with Crippen molar-refractivity contribution in [2.24, 2.45) is 0 Å². The van der Waals surface area contributed by atoms with Gasteiger partial charge in [0.1, 0.15) is 6.54 Å². The Morgan fingerprint density at radius 1 is 1.78 bits per heavy atom.